The molecular weight excluding hydrogens is 909 g/mol. The second kappa shape index (κ2) is 41.5. The van der Waals surface area contributed by atoms with E-state index in [2.05, 4.69) is 32.0 Å². The van der Waals surface area contributed by atoms with Crippen LogP contribution in [0.4, 0.5) is 0 Å². The third-order valence-corrected chi connectivity index (χ3v) is 10.9. The molecule has 0 fully saturated rings. The number of aliphatic carboxylic acids is 4. The van der Waals surface area contributed by atoms with Crippen molar-refractivity contribution in [3.8, 4) is 0 Å². The van der Waals surface area contributed by atoms with Crippen LogP contribution in [0.2, 0.25) is 0 Å². The lowest BCUT2D eigenvalue weighted by molar-refractivity contribution is -0.144. The fourth-order valence-corrected chi connectivity index (χ4v) is 6.88. The molecule has 0 aliphatic heterocycles. The number of hydrogen-bond acceptors (Lipinski definition) is 14. The van der Waals surface area contributed by atoms with Crippen molar-refractivity contribution in [2.75, 3.05) is 39.5 Å². The highest BCUT2D eigenvalue weighted by molar-refractivity contribution is 5.87. The summed E-state index contributed by atoms with van der Waals surface area (Å²) in [7, 11) is 0. The molecule has 0 aromatic rings. The molecule has 4 atom stereocenters. The second-order valence-electron chi connectivity index (χ2n) is 16.8. The van der Waals surface area contributed by atoms with Crippen LogP contribution in [0.15, 0.2) is 0 Å². The van der Waals surface area contributed by atoms with E-state index in [0.29, 0.717) is 25.7 Å². The molecule has 69 heavy (non-hydrogen) atoms. The third kappa shape index (κ3) is 38.1. The zero-order valence-electron chi connectivity index (χ0n) is 40.1. The van der Waals surface area contributed by atoms with Gasteiger partial charge in [0.15, 0.2) is 0 Å². The number of carbonyl (C=O) groups excluding carboxylic acids is 6. The number of hydrogen-bond donors (Lipinski definition) is 12. The zero-order valence-corrected chi connectivity index (χ0v) is 40.1. The predicted octanol–water partition coefficient (Wildman–Crippen LogP) is 1.11. The first-order valence-electron chi connectivity index (χ1n) is 24.2. The molecule has 24 nitrogen and oxygen atoms in total. The van der Waals surface area contributed by atoms with Crippen LogP contribution in [-0.2, 0) is 57.4 Å². The average molecular weight is 989 g/mol. The Morgan fingerprint density at radius 2 is 0.783 bits per heavy atom. The van der Waals surface area contributed by atoms with Crippen LogP contribution in [0.5, 0.6) is 0 Å². The van der Waals surface area contributed by atoms with Crippen molar-refractivity contribution in [3.63, 3.8) is 0 Å². The monoisotopic (exact) mass is 989 g/mol. The predicted molar refractivity (Wildman–Crippen MR) is 250 cm³/mol. The van der Waals surface area contributed by atoms with Gasteiger partial charge >= 0.3 is 23.9 Å². The molecule has 6 amide bonds. The van der Waals surface area contributed by atoms with Crippen LogP contribution in [0.25, 0.3) is 0 Å². The maximum atomic E-state index is 12.4. The maximum Gasteiger partial charge on any atom is 0.326 e. The van der Waals surface area contributed by atoms with Crippen molar-refractivity contribution in [3.05, 3.63) is 0 Å². The molecule has 0 spiro atoms. The molecule has 0 radical (unpaired) electrons. The second-order valence-corrected chi connectivity index (χ2v) is 16.8. The summed E-state index contributed by atoms with van der Waals surface area (Å²) in [5.74, 6) is -3.07. The van der Waals surface area contributed by atoms with Crippen molar-refractivity contribution in [1.82, 2.24) is 32.0 Å². The van der Waals surface area contributed by atoms with Crippen LogP contribution in [0.3, 0.4) is 0 Å². The van der Waals surface area contributed by atoms with E-state index in [1.165, 1.54) is 32.1 Å². The Bertz CT molecular complexity index is 1550. The Morgan fingerprint density at radius 3 is 1.22 bits per heavy atom. The van der Waals surface area contributed by atoms with Crippen molar-refractivity contribution < 1.29 is 77.8 Å². The minimum atomic E-state index is -1.49. The number of carboxylic acid groups (broad SMARTS) is 4. The number of unbranched alkanes of at least 4 members (excludes halogenated alkanes) is 14. The number of hydrazine groups is 1. The number of ether oxygens (including phenoxy) is 2. The molecule has 24 heteroatoms. The SMILES string of the molecule is NN[C@@H](CCCCNC(=O)CC[C@H](NC(=O)CC[C@H](NC(=O)COCCOCCNC(=O)CC[C@H](NC(=O)CCCCCCCCCCCCCCCCC(=O)O)C(=O)O)C(=O)O)C(=O)O)C(N)=O. The highest BCUT2D eigenvalue weighted by Crippen LogP contribution is 2.14. The molecule has 0 bridgehead atoms. The van der Waals surface area contributed by atoms with E-state index in [1.807, 2.05) is 0 Å². The van der Waals surface area contributed by atoms with Crippen molar-refractivity contribution in [2.24, 2.45) is 11.6 Å². The molecule has 0 saturated carbocycles. The number of nitrogens with one attached hydrogen (secondary N) is 6. The largest absolute Gasteiger partial charge is 0.481 e. The van der Waals surface area contributed by atoms with E-state index in [0.717, 1.165) is 51.4 Å². The molecule has 0 saturated heterocycles. The lowest BCUT2D eigenvalue weighted by Gasteiger charge is -2.17. The van der Waals surface area contributed by atoms with Crippen LogP contribution in [-0.4, -0.2) is 143 Å². The van der Waals surface area contributed by atoms with Gasteiger partial charge in [0.25, 0.3) is 0 Å². The van der Waals surface area contributed by atoms with Crippen molar-refractivity contribution in [1.29, 1.82) is 0 Å². The van der Waals surface area contributed by atoms with Gasteiger partial charge in [0, 0.05) is 45.2 Å². The minimum Gasteiger partial charge on any atom is -0.481 e. The summed E-state index contributed by atoms with van der Waals surface area (Å²) in [6, 6.07) is -4.84. The fraction of sp³-hybridized carbons (Fsp3) is 0.778. The van der Waals surface area contributed by atoms with Crippen LogP contribution in [0.1, 0.15) is 161 Å². The Labute approximate surface area is 404 Å². The topological polar surface area (TPSA) is 394 Å². The Balaban J connectivity index is 4.13. The number of nitrogens with two attached hydrogens (primary N) is 2. The summed E-state index contributed by atoms with van der Waals surface area (Å²) in [6.07, 6.45) is 15.0. The first-order chi connectivity index (χ1) is 33.0. The van der Waals surface area contributed by atoms with E-state index in [4.69, 9.17) is 26.2 Å². The molecule has 0 aliphatic carbocycles. The van der Waals surface area contributed by atoms with Gasteiger partial charge in [-0.15, -0.1) is 0 Å². The molecule has 0 aromatic heterocycles. The summed E-state index contributed by atoms with van der Waals surface area (Å²) in [6.45, 7) is -0.184. The normalized spacial score (nSPS) is 12.7. The lowest BCUT2D eigenvalue weighted by atomic mass is 10.0. The average Bonchev–Trinajstić information content (AvgIpc) is 3.29. The van der Waals surface area contributed by atoms with E-state index >= 15 is 0 Å². The van der Waals surface area contributed by atoms with Gasteiger partial charge in [0.1, 0.15) is 24.7 Å². The quantitative estimate of drug-likeness (QED) is 0.0231. The van der Waals surface area contributed by atoms with E-state index in [1.54, 1.807) is 0 Å². The molecule has 0 aromatic carbocycles. The molecule has 0 rings (SSSR count). The van der Waals surface area contributed by atoms with Gasteiger partial charge in [-0.05, 0) is 51.4 Å². The number of primary amides is 1. The first-order valence-corrected chi connectivity index (χ1v) is 24.2. The van der Waals surface area contributed by atoms with Crippen molar-refractivity contribution in [2.45, 2.75) is 185 Å². The van der Waals surface area contributed by atoms with E-state index in [9.17, 15) is 63.3 Å². The van der Waals surface area contributed by atoms with Crippen LogP contribution >= 0.6 is 0 Å². The van der Waals surface area contributed by atoms with Crippen LogP contribution < -0.4 is 43.6 Å². The Hall–Kier alpha value is -5.46. The van der Waals surface area contributed by atoms with Gasteiger partial charge in [-0.25, -0.2) is 19.8 Å². The molecule has 0 unspecified atom stereocenters. The first kappa shape index (κ1) is 63.5. The summed E-state index contributed by atoms with van der Waals surface area (Å²) in [4.78, 5) is 118. The molecule has 396 valence electrons. The molecule has 14 N–H and O–H groups in total. The van der Waals surface area contributed by atoms with Crippen molar-refractivity contribution >= 4 is 59.3 Å². The van der Waals surface area contributed by atoms with E-state index in [-0.39, 0.29) is 83.8 Å². The summed E-state index contributed by atoms with van der Waals surface area (Å²) >= 11 is 0. The molecule has 0 heterocycles. The number of rotatable bonds is 47. The fourth-order valence-electron chi connectivity index (χ4n) is 6.88. The minimum absolute atomic E-state index is 0.0128. The number of amides is 6. The number of carboxylic acids is 4. The van der Waals surface area contributed by atoms with Crippen LogP contribution in [0, 0.1) is 0 Å². The van der Waals surface area contributed by atoms with Gasteiger partial charge in [-0.1, -0.05) is 77.0 Å². The highest BCUT2D eigenvalue weighted by atomic mass is 16.5. The van der Waals surface area contributed by atoms with Gasteiger partial charge < -0.3 is 62.2 Å². The smallest absolute Gasteiger partial charge is 0.326 e. The van der Waals surface area contributed by atoms with Gasteiger partial charge in [-0.2, -0.15) is 0 Å². The third-order valence-electron chi connectivity index (χ3n) is 10.9. The maximum absolute atomic E-state index is 12.4. The zero-order chi connectivity index (χ0) is 51.7. The van der Waals surface area contributed by atoms with Gasteiger partial charge in [0.2, 0.25) is 35.4 Å². The highest BCUT2D eigenvalue weighted by Gasteiger charge is 2.25. The lowest BCUT2D eigenvalue weighted by Crippen LogP contribution is -2.45. The summed E-state index contributed by atoms with van der Waals surface area (Å²) in [5, 5.41) is 49.4. The molecular formula is C45H80N8O16. The van der Waals surface area contributed by atoms with Gasteiger partial charge in [-0.3, -0.25) is 39.4 Å². The Morgan fingerprint density at radius 1 is 0.391 bits per heavy atom. The number of carbonyl (C=O) groups is 10. The Kier molecular flexibility index (Phi) is 38.2. The van der Waals surface area contributed by atoms with Gasteiger partial charge in [0.05, 0.1) is 25.9 Å². The standard InChI is InChI=1S/C45H80N8O16/c46-42(61)32(53-47)17-15-16-26-48-36(54)23-20-34(44(64)65)51-39(57)25-22-35(45(66)67)52-40(58)31-69-30-29-68-28-27-49-37(55)24-21-33(43(62)63)50-38(56)18-13-11-9-7-5-3-1-2-4-6-8-10-12-14-19-41(59)60/h32-35,53H,1-31,47H2,(H2,46,61)(H,48,54)(H,49,55)(H,50,56)(H,51,57)(H,52,58)(H,59,60)(H,62,63)(H,64,65)(H,66,67)/t32-,33-,34-,35-/m0/s1. The summed E-state index contributed by atoms with van der Waals surface area (Å²) in [5.41, 5.74) is 7.47. The molecule has 0 aliphatic rings. The van der Waals surface area contributed by atoms with E-state index < -0.39 is 90.6 Å². The summed E-state index contributed by atoms with van der Waals surface area (Å²) < 4.78 is 10.5.